The van der Waals surface area contributed by atoms with E-state index in [0.29, 0.717) is 31.9 Å². The van der Waals surface area contributed by atoms with E-state index in [-0.39, 0.29) is 11.8 Å². The van der Waals surface area contributed by atoms with Crippen LogP contribution in [0.15, 0.2) is 36.5 Å². The van der Waals surface area contributed by atoms with Crippen LogP contribution < -0.4 is 0 Å². The van der Waals surface area contributed by atoms with Gasteiger partial charge >= 0.3 is 0 Å². The minimum atomic E-state index is -0.0740. The maximum Gasteiger partial charge on any atom is 0.272 e. The highest BCUT2D eigenvalue weighted by Crippen LogP contribution is 2.18. The zero-order chi connectivity index (χ0) is 18.0. The molecule has 0 radical (unpaired) electrons. The first kappa shape index (κ1) is 17.1. The number of carbonyl (C=O) groups is 2. The molecular weight excluding hydrogens is 314 g/mol. The monoisotopic (exact) mass is 337 g/mol. The van der Waals surface area contributed by atoms with Gasteiger partial charge in [0.25, 0.3) is 11.8 Å². The quantitative estimate of drug-likeness (QED) is 0.846. The van der Waals surface area contributed by atoms with Crippen LogP contribution in [0.25, 0.3) is 0 Å². The van der Waals surface area contributed by atoms with Crippen molar-refractivity contribution in [1.82, 2.24) is 14.8 Å². The second-order valence-electron chi connectivity index (χ2n) is 6.55. The van der Waals surface area contributed by atoms with Crippen LogP contribution >= 0.6 is 0 Å². The van der Waals surface area contributed by atoms with Crippen LogP contribution in [0, 0.1) is 20.8 Å². The van der Waals surface area contributed by atoms with Gasteiger partial charge in [-0.2, -0.15) is 0 Å². The number of aromatic nitrogens is 1. The minimum Gasteiger partial charge on any atom is -0.335 e. The zero-order valence-electron chi connectivity index (χ0n) is 15.0. The van der Waals surface area contributed by atoms with E-state index >= 15 is 0 Å². The van der Waals surface area contributed by atoms with E-state index in [1.54, 1.807) is 23.2 Å². The van der Waals surface area contributed by atoms with Crippen LogP contribution in [0.5, 0.6) is 0 Å². The predicted molar refractivity (Wildman–Crippen MR) is 96.7 cm³/mol. The smallest absolute Gasteiger partial charge is 0.272 e. The number of amides is 2. The fourth-order valence-electron chi connectivity index (χ4n) is 3.13. The molecule has 0 atom stereocenters. The predicted octanol–water partition coefficient (Wildman–Crippen LogP) is 2.61. The molecule has 1 aliphatic rings. The first-order valence-corrected chi connectivity index (χ1v) is 8.55. The SMILES string of the molecule is Cc1cc(C)c(C(=O)N2CCN(C(=O)c3ccccn3)CC2)cc1C. The summed E-state index contributed by atoms with van der Waals surface area (Å²) in [4.78, 5) is 33.0. The van der Waals surface area contributed by atoms with Gasteiger partial charge in [-0.25, -0.2) is 0 Å². The fourth-order valence-corrected chi connectivity index (χ4v) is 3.13. The van der Waals surface area contributed by atoms with E-state index in [4.69, 9.17) is 0 Å². The fraction of sp³-hybridized carbons (Fsp3) is 0.350. The number of piperazine rings is 1. The topological polar surface area (TPSA) is 53.5 Å². The molecule has 5 nitrogen and oxygen atoms in total. The Kier molecular flexibility index (Phi) is 4.83. The van der Waals surface area contributed by atoms with E-state index in [0.717, 1.165) is 16.7 Å². The van der Waals surface area contributed by atoms with E-state index < -0.39 is 0 Å². The van der Waals surface area contributed by atoms with Crippen molar-refractivity contribution in [2.24, 2.45) is 0 Å². The van der Waals surface area contributed by atoms with Crippen LogP contribution in [0.3, 0.4) is 0 Å². The average Bonchev–Trinajstić information content (AvgIpc) is 2.64. The number of benzene rings is 1. The van der Waals surface area contributed by atoms with Crippen LogP contribution in [0.1, 0.15) is 37.5 Å². The molecule has 1 saturated heterocycles. The summed E-state index contributed by atoms with van der Waals surface area (Å²) in [6.07, 6.45) is 1.62. The molecule has 0 saturated carbocycles. The first-order chi connectivity index (χ1) is 12.0. The van der Waals surface area contributed by atoms with Gasteiger partial charge in [-0.1, -0.05) is 12.1 Å². The Labute approximate surface area is 148 Å². The van der Waals surface area contributed by atoms with Crippen molar-refractivity contribution in [2.45, 2.75) is 20.8 Å². The number of hydrogen-bond donors (Lipinski definition) is 0. The van der Waals surface area contributed by atoms with E-state index in [1.807, 2.05) is 30.9 Å². The molecule has 0 N–H and O–H groups in total. The Balaban J connectivity index is 1.67. The van der Waals surface area contributed by atoms with Gasteiger partial charge in [0.05, 0.1) is 0 Å². The molecule has 1 aromatic carbocycles. The Hall–Kier alpha value is -2.69. The molecule has 2 aromatic rings. The highest BCUT2D eigenvalue weighted by molar-refractivity contribution is 5.96. The van der Waals surface area contributed by atoms with Crippen LogP contribution in [-0.2, 0) is 0 Å². The third-order valence-corrected chi connectivity index (χ3v) is 4.81. The zero-order valence-corrected chi connectivity index (χ0v) is 15.0. The highest BCUT2D eigenvalue weighted by Gasteiger charge is 2.26. The first-order valence-electron chi connectivity index (χ1n) is 8.55. The average molecular weight is 337 g/mol. The molecule has 0 aliphatic carbocycles. The number of hydrogen-bond acceptors (Lipinski definition) is 3. The van der Waals surface area contributed by atoms with Gasteiger partial charge in [0.1, 0.15) is 5.69 Å². The molecule has 1 aliphatic heterocycles. The molecule has 2 amide bonds. The van der Waals surface area contributed by atoms with Crippen molar-refractivity contribution in [3.05, 3.63) is 64.5 Å². The van der Waals surface area contributed by atoms with Gasteiger partial charge in [-0.15, -0.1) is 0 Å². The number of nitrogens with zero attached hydrogens (tertiary/aromatic N) is 3. The lowest BCUT2D eigenvalue weighted by atomic mass is 10.00. The lowest BCUT2D eigenvalue weighted by Crippen LogP contribution is -2.50. The largest absolute Gasteiger partial charge is 0.335 e. The third-order valence-electron chi connectivity index (χ3n) is 4.81. The Morgan fingerprint density at radius 1 is 0.840 bits per heavy atom. The molecule has 130 valence electrons. The summed E-state index contributed by atoms with van der Waals surface area (Å²) in [6.45, 7) is 8.21. The molecule has 1 aromatic heterocycles. The third kappa shape index (κ3) is 3.55. The summed E-state index contributed by atoms with van der Waals surface area (Å²) in [5, 5.41) is 0. The second-order valence-corrected chi connectivity index (χ2v) is 6.55. The molecule has 3 rings (SSSR count). The summed E-state index contributed by atoms with van der Waals surface area (Å²) in [5.74, 6) is -0.0272. The van der Waals surface area contributed by atoms with E-state index in [1.165, 1.54) is 5.56 Å². The molecule has 2 heterocycles. The van der Waals surface area contributed by atoms with Gasteiger partial charge < -0.3 is 9.80 Å². The van der Waals surface area contributed by atoms with Gasteiger partial charge in [0, 0.05) is 37.9 Å². The highest BCUT2D eigenvalue weighted by atomic mass is 16.2. The molecule has 1 fully saturated rings. The van der Waals surface area contributed by atoms with Crippen LogP contribution in [-0.4, -0.2) is 52.8 Å². The molecule has 0 bridgehead atoms. The van der Waals surface area contributed by atoms with Gasteiger partial charge in [0.15, 0.2) is 0 Å². The Morgan fingerprint density at radius 2 is 1.44 bits per heavy atom. The summed E-state index contributed by atoms with van der Waals surface area (Å²) in [5.41, 5.74) is 4.53. The van der Waals surface area contributed by atoms with Crippen molar-refractivity contribution >= 4 is 11.8 Å². The minimum absolute atomic E-state index is 0.0468. The maximum absolute atomic E-state index is 12.8. The maximum atomic E-state index is 12.8. The van der Waals surface area contributed by atoms with Crippen molar-refractivity contribution in [3.8, 4) is 0 Å². The van der Waals surface area contributed by atoms with Gasteiger partial charge in [0.2, 0.25) is 0 Å². The van der Waals surface area contributed by atoms with E-state index in [9.17, 15) is 9.59 Å². The van der Waals surface area contributed by atoms with Crippen molar-refractivity contribution in [1.29, 1.82) is 0 Å². The number of pyridine rings is 1. The van der Waals surface area contributed by atoms with Crippen molar-refractivity contribution in [3.63, 3.8) is 0 Å². The molecule has 5 heteroatoms. The lowest BCUT2D eigenvalue weighted by Gasteiger charge is -2.35. The summed E-state index contributed by atoms with van der Waals surface area (Å²) in [6, 6.07) is 9.35. The summed E-state index contributed by atoms with van der Waals surface area (Å²) >= 11 is 0. The normalized spacial score (nSPS) is 14.5. The van der Waals surface area contributed by atoms with Crippen LogP contribution in [0.2, 0.25) is 0 Å². The summed E-state index contributed by atoms with van der Waals surface area (Å²) in [7, 11) is 0. The molecule has 0 unspecified atom stereocenters. The van der Waals surface area contributed by atoms with Crippen LogP contribution in [0.4, 0.5) is 0 Å². The summed E-state index contributed by atoms with van der Waals surface area (Å²) < 4.78 is 0. The molecular formula is C20H23N3O2. The Morgan fingerprint density at radius 3 is 2.04 bits per heavy atom. The molecule has 0 spiro atoms. The number of rotatable bonds is 2. The number of aryl methyl sites for hydroxylation is 3. The number of carbonyl (C=O) groups excluding carboxylic acids is 2. The second kappa shape index (κ2) is 7.05. The lowest BCUT2D eigenvalue weighted by molar-refractivity contribution is 0.0532. The van der Waals surface area contributed by atoms with Crippen molar-refractivity contribution < 1.29 is 9.59 Å². The van der Waals surface area contributed by atoms with Gasteiger partial charge in [-0.3, -0.25) is 14.6 Å². The van der Waals surface area contributed by atoms with E-state index in [2.05, 4.69) is 18.0 Å². The van der Waals surface area contributed by atoms with Gasteiger partial charge in [-0.05, 0) is 55.7 Å². The Bertz CT molecular complexity index is 794. The van der Waals surface area contributed by atoms with Crippen molar-refractivity contribution in [2.75, 3.05) is 26.2 Å². The standard InChI is InChI=1S/C20H23N3O2/c1-14-12-16(3)17(13-15(14)2)19(24)22-8-10-23(11-9-22)20(25)18-6-4-5-7-21-18/h4-7,12-13H,8-11H2,1-3H3. The molecule has 25 heavy (non-hydrogen) atoms.